The molecule has 0 saturated carbocycles. The highest BCUT2D eigenvalue weighted by Gasteiger charge is 2.17. The van der Waals surface area contributed by atoms with E-state index in [9.17, 15) is 0 Å². The topological polar surface area (TPSA) is 60.0 Å². The van der Waals surface area contributed by atoms with E-state index in [1.54, 1.807) is 0 Å². The Hall–Kier alpha value is -1.88. The first-order chi connectivity index (χ1) is 8.66. The largest absolute Gasteiger partial charge is 0.383 e. The molecule has 0 aromatic carbocycles. The maximum Gasteiger partial charge on any atom is 0.145 e. The Balaban J connectivity index is 2.18. The molecule has 0 bridgehead atoms. The lowest BCUT2D eigenvalue weighted by molar-refractivity contribution is 0.370. The van der Waals surface area contributed by atoms with E-state index in [2.05, 4.69) is 34.2 Å². The van der Waals surface area contributed by atoms with Gasteiger partial charge in [0.1, 0.15) is 17.8 Å². The van der Waals surface area contributed by atoms with Crippen LogP contribution in [0.25, 0.3) is 16.6 Å². The number of nitrogens with zero attached hydrogens (tertiary/aromatic N) is 4. The van der Waals surface area contributed by atoms with Gasteiger partial charge in [0.2, 0.25) is 0 Å². The Labute approximate surface area is 106 Å². The highest BCUT2D eigenvalue weighted by molar-refractivity contribution is 5.97. The van der Waals surface area contributed by atoms with Crippen molar-refractivity contribution in [3.05, 3.63) is 24.2 Å². The minimum atomic E-state index is 0.565. The molecular formula is C13H17N5. The second kappa shape index (κ2) is 4.10. The molecule has 94 valence electrons. The Kier molecular flexibility index (Phi) is 2.56. The van der Waals surface area contributed by atoms with Crippen LogP contribution in [0.4, 0.5) is 5.82 Å². The van der Waals surface area contributed by atoms with Crippen molar-refractivity contribution in [3.63, 3.8) is 0 Å². The molecule has 0 saturated heterocycles. The number of likely N-dealkylation sites (N-methyl/N-ethyl adjacent to an activating group) is 1. The third kappa shape index (κ3) is 1.67. The van der Waals surface area contributed by atoms with Gasteiger partial charge in [0.25, 0.3) is 0 Å². The van der Waals surface area contributed by atoms with Gasteiger partial charge in [-0.05, 0) is 19.0 Å². The molecule has 2 aromatic heterocycles. The van der Waals surface area contributed by atoms with Gasteiger partial charge in [-0.1, -0.05) is 6.08 Å². The van der Waals surface area contributed by atoms with E-state index in [1.165, 1.54) is 17.5 Å². The summed E-state index contributed by atoms with van der Waals surface area (Å²) in [5, 5.41) is 0.982. The van der Waals surface area contributed by atoms with Crippen molar-refractivity contribution in [1.82, 2.24) is 19.4 Å². The SMILES string of the molecule is CN1CC=C(c2cn(C)c3ncnc(N)c23)CC1. The van der Waals surface area contributed by atoms with Crippen LogP contribution < -0.4 is 5.73 Å². The van der Waals surface area contributed by atoms with Gasteiger partial charge in [-0.15, -0.1) is 0 Å². The van der Waals surface area contributed by atoms with Crippen molar-refractivity contribution < 1.29 is 0 Å². The van der Waals surface area contributed by atoms with Crippen LogP contribution in [0.2, 0.25) is 0 Å². The molecule has 3 rings (SSSR count). The fraction of sp³-hybridized carbons (Fsp3) is 0.385. The first-order valence-electron chi connectivity index (χ1n) is 6.10. The minimum absolute atomic E-state index is 0.565. The minimum Gasteiger partial charge on any atom is -0.383 e. The summed E-state index contributed by atoms with van der Waals surface area (Å²) in [6, 6.07) is 0. The van der Waals surface area contributed by atoms with E-state index in [0.717, 1.165) is 30.5 Å². The summed E-state index contributed by atoms with van der Waals surface area (Å²) in [4.78, 5) is 10.7. The van der Waals surface area contributed by atoms with Crippen molar-refractivity contribution in [1.29, 1.82) is 0 Å². The van der Waals surface area contributed by atoms with Crippen LogP contribution in [0.5, 0.6) is 0 Å². The molecule has 0 spiro atoms. The lowest BCUT2D eigenvalue weighted by Crippen LogP contribution is -2.23. The molecule has 1 aliphatic rings. The summed E-state index contributed by atoms with van der Waals surface area (Å²) >= 11 is 0. The number of rotatable bonds is 1. The zero-order valence-electron chi connectivity index (χ0n) is 10.7. The van der Waals surface area contributed by atoms with Crippen LogP contribution in [0.3, 0.4) is 0 Å². The maximum atomic E-state index is 6.00. The van der Waals surface area contributed by atoms with E-state index < -0.39 is 0 Å². The third-order valence-corrected chi connectivity index (χ3v) is 3.54. The Morgan fingerprint density at radius 2 is 2.11 bits per heavy atom. The number of hydrogen-bond donors (Lipinski definition) is 1. The molecule has 1 aliphatic heterocycles. The van der Waals surface area contributed by atoms with Gasteiger partial charge in [-0.2, -0.15) is 0 Å². The Morgan fingerprint density at radius 3 is 2.83 bits per heavy atom. The van der Waals surface area contributed by atoms with Gasteiger partial charge in [-0.25, -0.2) is 9.97 Å². The highest BCUT2D eigenvalue weighted by Crippen LogP contribution is 2.31. The molecular weight excluding hydrogens is 226 g/mol. The molecule has 2 N–H and O–H groups in total. The summed E-state index contributed by atoms with van der Waals surface area (Å²) in [6.07, 6.45) is 6.94. The van der Waals surface area contributed by atoms with Crippen molar-refractivity contribution in [2.24, 2.45) is 7.05 Å². The van der Waals surface area contributed by atoms with Crippen molar-refractivity contribution >= 4 is 22.4 Å². The number of nitrogen functional groups attached to an aromatic ring is 1. The van der Waals surface area contributed by atoms with Crippen molar-refractivity contribution in [3.8, 4) is 0 Å². The molecule has 0 atom stereocenters. The average molecular weight is 243 g/mol. The molecule has 3 heterocycles. The standard InChI is InChI=1S/C13H17N5/c1-17-5-3-9(4-6-17)10-7-18(2)13-11(10)12(14)15-8-16-13/h3,7-8H,4-6H2,1-2H3,(H2,14,15,16). The molecule has 0 unspecified atom stereocenters. The van der Waals surface area contributed by atoms with Crippen LogP contribution in [0.1, 0.15) is 12.0 Å². The summed E-state index contributed by atoms with van der Waals surface area (Å²) in [7, 11) is 4.13. The number of aromatic nitrogens is 3. The molecule has 0 fully saturated rings. The molecule has 0 aliphatic carbocycles. The first kappa shape index (κ1) is 11.2. The van der Waals surface area contributed by atoms with Crippen molar-refractivity contribution in [2.45, 2.75) is 6.42 Å². The molecule has 2 aromatic rings. The molecule has 0 radical (unpaired) electrons. The van der Waals surface area contributed by atoms with E-state index >= 15 is 0 Å². The third-order valence-electron chi connectivity index (χ3n) is 3.54. The van der Waals surface area contributed by atoms with Crippen LogP contribution in [-0.2, 0) is 7.05 Å². The lowest BCUT2D eigenvalue weighted by Gasteiger charge is -2.21. The monoisotopic (exact) mass is 243 g/mol. The second-order valence-electron chi connectivity index (χ2n) is 4.85. The predicted molar refractivity (Wildman–Crippen MR) is 73.0 cm³/mol. The molecule has 0 amide bonds. The fourth-order valence-corrected chi connectivity index (χ4v) is 2.49. The molecule has 18 heavy (non-hydrogen) atoms. The first-order valence-corrected chi connectivity index (χ1v) is 6.10. The summed E-state index contributed by atoms with van der Waals surface area (Å²) in [5.74, 6) is 0.565. The smallest absolute Gasteiger partial charge is 0.145 e. The van der Waals surface area contributed by atoms with Gasteiger partial charge < -0.3 is 15.2 Å². The van der Waals surface area contributed by atoms with Crippen LogP contribution in [0, 0.1) is 0 Å². The van der Waals surface area contributed by atoms with Gasteiger partial charge in [0.15, 0.2) is 0 Å². The molecule has 5 heteroatoms. The number of nitrogens with two attached hydrogens (primary N) is 1. The number of hydrogen-bond acceptors (Lipinski definition) is 4. The summed E-state index contributed by atoms with van der Waals surface area (Å²) < 4.78 is 2.02. The van der Waals surface area contributed by atoms with E-state index in [4.69, 9.17) is 5.73 Å². The van der Waals surface area contributed by atoms with Crippen molar-refractivity contribution in [2.75, 3.05) is 25.9 Å². The summed E-state index contributed by atoms with van der Waals surface area (Å²) in [5.41, 5.74) is 9.43. The van der Waals surface area contributed by atoms with Crippen LogP contribution in [0.15, 0.2) is 18.6 Å². The Morgan fingerprint density at radius 1 is 1.28 bits per heavy atom. The van der Waals surface area contributed by atoms with E-state index in [0.29, 0.717) is 5.82 Å². The van der Waals surface area contributed by atoms with Gasteiger partial charge in [0, 0.05) is 31.9 Å². The number of aryl methyl sites for hydroxylation is 1. The Bertz CT molecular complexity index is 626. The second-order valence-corrected chi connectivity index (χ2v) is 4.85. The average Bonchev–Trinajstić information content (AvgIpc) is 2.70. The predicted octanol–water partition coefficient (Wildman–Crippen LogP) is 1.27. The normalized spacial score (nSPS) is 17.1. The fourth-order valence-electron chi connectivity index (χ4n) is 2.49. The zero-order chi connectivity index (χ0) is 12.7. The quantitative estimate of drug-likeness (QED) is 0.819. The lowest BCUT2D eigenvalue weighted by atomic mass is 10.00. The van der Waals surface area contributed by atoms with Gasteiger partial charge >= 0.3 is 0 Å². The van der Waals surface area contributed by atoms with Crippen LogP contribution >= 0.6 is 0 Å². The van der Waals surface area contributed by atoms with E-state index in [1.807, 2.05) is 11.6 Å². The van der Waals surface area contributed by atoms with Gasteiger partial charge in [-0.3, -0.25) is 0 Å². The number of fused-ring (bicyclic) bond motifs is 1. The number of anilines is 1. The summed E-state index contributed by atoms with van der Waals surface area (Å²) in [6.45, 7) is 2.06. The highest BCUT2D eigenvalue weighted by atomic mass is 15.1. The molecule has 5 nitrogen and oxygen atoms in total. The van der Waals surface area contributed by atoms with E-state index in [-0.39, 0.29) is 0 Å². The van der Waals surface area contributed by atoms with Crippen LogP contribution in [-0.4, -0.2) is 39.6 Å². The van der Waals surface area contributed by atoms with Gasteiger partial charge in [0.05, 0.1) is 5.39 Å². The maximum absolute atomic E-state index is 6.00. The zero-order valence-corrected chi connectivity index (χ0v) is 10.7.